The van der Waals surface area contributed by atoms with E-state index in [0.717, 1.165) is 15.0 Å². The minimum absolute atomic E-state index is 0.0503. The number of thiophene rings is 1. The first-order chi connectivity index (χ1) is 9.02. The van der Waals surface area contributed by atoms with Gasteiger partial charge in [0.1, 0.15) is 4.88 Å². The monoisotopic (exact) mass is 337 g/mol. The minimum atomic E-state index is 0.0503. The third kappa shape index (κ3) is 3.07. The molecule has 0 bridgehead atoms. The number of anilines is 1. The number of hydrogen-bond donors (Lipinski definition) is 0. The fourth-order valence-corrected chi connectivity index (χ4v) is 3.61. The van der Waals surface area contributed by atoms with E-state index in [1.807, 2.05) is 23.3 Å². The summed E-state index contributed by atoms with van der Waals surface area (Å²) in [5.41, 5.74) is 3.31. The van der Waals surface area contributed by atoms with Crippen LogP contribution in [0, 0.1) is 13.8 Å². The summed E-state index contributed by atoms with van der Waals surface area (Å²) >= 11 is 4.90. The lowest BCUT2D eigenvalue weighted by Crippen LogP contribution is -2.30. The maximum atomic E-state index is 12.6. The first-order valence-electron chi connectivity index (χ1n) is 6.16. The van der Waals surface area contributed by atoms with Crippen LogP contribution in [0.5, 0.6) is 0 Å². The second-order valence-electron chi connectivity index (χ2n) is 4.49. The van der Waals surface area contributed by atoms with E-state index in [1.54, 1.807) is 0 Å². The summed E-state index contributed by atoms with van der Waals surface area (Å²) in [7, 11) is 0. The van der Waals surface area contributed by atoms with Gasteiger partial charge in [-0.3, -0.25) is 4.79 Å². The van der Waals surface area contributed by atoms with Crippen LogP contribution in [-0.4, -0.2) is 12.5 Å². The van der Waals surface area contributed by atoms with E-state index in [1.165, 1.54) is 22.5 Å². The Kier molecular flexibility index (Phi) is 4.42. The van der Waals surface area contributed by atoms with Gasteiger partial charge in [0.05, 0.1) is 0 Å². The molecule has 2 rings (SSSR count). The van der Waals surface area contributed by atoms with Crippen LogP contribution in [0.3, 0.4) is 0 Å². The number of amides is 1. The molecule has 4 heteroatoms. The average molecular weight is 338 g/mol. The van der Waals surface area contributed by atoms with E-state index in [4.69, 9.17) is 0 Å². The molecule has 0 fully saturated rings. The van der Waals surface area contributed by atoms with Crippen LogP contribution in [0.15, 0.2) is 34.1 Å². The van der Waals surface area contributed by atoms with Crippen molar-refractivity contribution in [3.8, 4) is 0 Å². The summed E-state index contributed by atoms with van der Waals surface area (Å²) in [4.78, 5) is 15.2. The lowest BCUT2D eigenvalue weighted by Gasteiger charge is -2.21. The molecular formula is C15H16BrNOS. The number of nitrogens with zero attached hydrogens (tertiary/aromatic N) is 1. The van der Waals surface area contributed by atoms with Crippen molar-refractivity contribution in [1.29, 1.82) is 0 Å². The molecule has 0 saturated carbocycles. The molecule has 0 spiro atoms. The van der Waals surface area contributed by atoms with Gasteiger partial charge in [-0.15, -0.1) is 11.3 Å². The van der Waals surface area contributed by atoms with Gasteiger partial charge in [-0.1, -0.05) is 6.07 Å². The Balaban J connectivity index is 2.40. The summed E-state index contributed by atoms with van der Waals surface area (Å²) in [6, 6.07) is 8.13. The van der Waals surface area contributed by atoms with Gasteiger partial charge in [-0.05, 0) is 71.4 Å². The molecule has 1 aromatic heterocycles. The van der Waals surface area contributed by atoms with Crippen molar-refractivity contribution < 1.29 is 4.79 Å². The summed E-state index contributed by atoms with van der Waals surface area (Å²) in [5, 5.41) is 1.92. The number of halogens is 1. The zero-order valence-corrected chi connectivity index (χ0v) is 13.6. The molecule has 0 unspecified atom stereocenters. The lowest BCUT2D eigenvalue weighted by molar-refractivity contribution is 0.0991. The van der Waals surface area contributed by atoms with Gasteiger partial charge >= 0.3 is 0 Å². The molecular weight excluding hydrogens is 322 g/mol. The summed E-state index contributed by atoms with van der Waals surface area (Å²) in [6.07, 6.45) is 0. The highest BCUT2D eigenvalue weighted by molar-refractivity contribution is 9.10. The Bertz CT molecular complexity index is 586. The Morgan fingerprint density at radius 3 is 2.37 bits per heavy atom. The van der Waals surface area contributed by atoms with Crippen molar-refractivity contribution in [3.63, 3.8) is 0 Å². The van der Waals surface area contributed by atoms with Crippen molar-refractivity contribution >= 4 is 38.9 Å². The summed E-state index contributed by atoms with van der Waals surface area (Å²) in [5.74, 6) is 0.0503. The van der Waals surface area contributed by atoms with Crippen LogP contribution < -0.4 is 4.90 Å². The van der Waals surface area contributed by atoms with Gasteiger partial charge in [0, 0.05) is 16.7 Å². The van der Waals surface area contributed by atoms with Gasteiger partial charge in [-0.25, -0.2) is 0 Å². The second-order valence-corrected chi connectivity index (χ2v) is 6.26. The average Bonchev–Trinajstić information content (AvgIpc) is 2.75. The largest absolute Gasteiger partial charge is 0.308 e. The maximum absolute atomic E-state index is 12.6. The van der Waals surface area contributed by atoms with Crippen LogP contribution >= 0.6 is 27.3 Å². The van der Waals surface area contributed by atoms with E-state index < -0.39 is 0 Å². The number of rotatable bonds is 3. The number of aryl methyl sites for hydroxylation is 2. The molecule has 19 heavy (non-hydrogen) atoms. The molecule has 1 amide bonds. The number of benzene rings is 1. The normalized spacial score (nSPS) is 10.5. The van der Waals surface area contributed by atoms with E-state index in [2.05, 4.69) is 48.0 Å². The first-order valence-corrected chi connectivity index (χ1v) is 7.83. The van der Waals surface area contributed by atoms with Gasteiger partial charge in [0.2, 0.25) is 0 Å². The second kappa shape index (κ2) is 5.88. The molecule has 0 radical (unpaired) electrons. The van der Waals surface area contributed by atoms with Crippen LogP contribution in [0.1, 0.15) is 27.7 Å². The van der Waals surface area contributed by atoms with E-state index >= 15 is 0 Å². The summed E-state index contributed by atoms with van der Waals surface area (Å²) < 4.78 is 0.866. The predicted octanol–water partition coefficient (Wildman–Crippen LogP) is 4.79. The molecule has 100 valence electrons. The molecule has 0 atom stereocenters. The van der Waals surface area contributed by atoms with Crippen molar-refractivity contribution in [3.05, 3.63) is 50.1 Å². The Labute approximate surface area is 126 Å². The molecule has 0 aliphatic heterocycles. The fourth-order valence-electron chi connectivity index (χ4n) is 2.12. The molecule has 2 nitrogen and oxygen atoms in total. The maximum Gasteiger partial charge on any atom is 0.269 e. The molecule has 0 saturated heterocycles. The van der Waals surface area contributed by atoms with E-state index in [0.29, 0.717) is 6.54 Å². The standard InChI is InChI=1S/C15H16BrNOS/c1-4-17(12-8-10(2)7-11(3)9-12)15(18)14-13(16)5-6-19-14/h5-9H,4H2,1-3H3. The molecule has 0 aliphatic carbocycles. The summed E-state index contributed by atoms with van der Waals surface area (Å²) in [6.45, 7) is 6.76. The number of carbonyl (C=O) groups is 1. The van der Waals surface area contributed by atoms with Crippen molar-refractivity contribution in [1.82, 2.24) is 0 Å². The van der Waals surface area contributed by atoms with E-state index in [9.17, 15) is 4.79 Å². The highest BCUT2D eigenvalue weighted by atomic mass is 79.9. The van der Waals surface area contributed by atoms with Crippen LogP contribution in [0.2, 0.25) is 0 Å². The van der Waals surface area contributed by atoms with Crippen molar-refractivity contribution in [2.24, 2.45) is 0 Å². The lowest BCUT2D eigenvalue weighted by atomic mass is 10.1. The Hall–Kier alpha value is -1.13. The van der Waals surface area contributed by atoms with Gasteiger partial charge in [-0.2, -0.15) is 0 Å². The number of hydrogen-bond acceptors (Lipinski definition) is 2. The van der Waals surface area contributed by atoms with Crippen molar-refractivity contribution in [2.75, 3.05) is 11.4 Å². The topological polar surface area (TPSA) is 20.3 Å². The SMILES string of the molecule is CCN(C(=O)c1sccc1Br)c1cc(C)cc(C)c1. The third-order valence-electron chi connectivity index (χ3n) is 2.89. The highest BCUT2D eigenvalue weighted by Crippen LogP contribution is 2.27. The Morgan fingerprint density at radius 2 is 1.89 bits per heavy atom. The first kappa shape index (κ1) is 14.3. The Morgan fingerprint density at radius 1 is 1.26 bits per heavy atom. The highest BCUT2D eigenvalue weighted by Gasteiger charge is 2.19. The molecule has 0 N–H and O–H groups in total. The molecule has 0 aliphatic rings. The van der Waals surface area contributed by atoms with Gasteiger partial charge in [0.15, 0.2) is 0 Å². The van der Waals surface area contributed by atoms with Gasteiger partial charge in [0.25, 0.3) is 5.91 Å². The molecule has 1 aromatic carbocycles. The van der Waals surface area contributed by atoms with E-state index in [-0.39, 0.29) is 5.91 Å². The number of carbonyl (C=O) groups excluding carboxylic acids is 1. The van der Waals surface area contributed by atoms with Crippen LogP contribution in [0.4, 0.5) is 5.69 Å². The van der Waals surface area contributed by atoms with Gasteiger partial charge < -0.3 is 4.90 Å². The minimum Gasteiger partial charge on any atom is -0.308 e. The third-order valence-corrected chi connectivity index (χ3v) is 4.72. The van der Waals surface area contributed by atoms with Crippen LogP contribution in [-0.2, 0) is 0 Å². The van der Waals surface area contributed by atoms with Crippen molar-refractivity contribution in [2.45, 2.75) is 20.8 Å². The van der Waals surface area contributed by atoms with Crippen LogP contribution in [0.25, 0.3) is 0 Å². The zero-order valence-electron chi connectivity index (χ0n) is 11.2. The quantitative estimate of drug-likeness (QED) is 0.788. The smallest absolute Gasteiger partial charge is 0.269 e. The molecule has 1 heterocycles. The fraction of sp³-hybridized carbons (Fsp3) is 0.267. The zero-order chi connectivity index (χ0) is 14.0. The molecule has 2 aromatic rings. The predicted molar refractivity (Wildman–Crippen MR) is 85.3 cm³/mol.